The molecule has 2 heterocycles. The van der Waals surface area contributed by atoms with E-state index in [9.17, 15) is 45.6 Å². The number of hydrogen-bond donors (Lipinski definition) is 8. The van der Waals surface area contributed by atoms with Gasteiger partial charge in [-0.05, 0) is 18.2 Å². The van der Waals surface area contributed by atoms with E-state index >= 15 is 0 Å². The Balaban J connectivity index is 1.97. The monoisotopic (exact) mass is 448 g/mol. The van der Waals surface area contributed by atoms with E-state index in [0.717, 1.165) is 24.3 Å². The van der Waals surface area contributed by atoms with Gasteiger partial charge in [-0.2, -0.15) is 0 Å². The molecule has 0 saturated carbocycles. The maximum absolute atomic E-state index is 12.8. The van der Waals surface area contributed by atoms with E-state index in [0.29, 0.717) is 0 Å². The molecule has 1 saturated heterocycles. The van der Waals surface area contributed by atoms with Gasteiger partial charge in [-0.1, -0.05) is 0 Å². The van der Waals surface area contributed by atoms with Crippen LogP contribution in [0.4, 0.5) is 0 Å². The normalized spacial score (nSPS) is 25.8. The molecule has 4 rings (SSSR count). The Morgan fingerprint density at radius 2 is 1.53 bits per heavy atom. The number of phenolic OH excluding ortho intramolecular Hbond substituents is 4. The van der Waals surface area contributed by atoms with Crippen molar-refractivity contribution in [3.63, 3.8) is 0 Å². The van der Waals surface area contributed by atoms with Crippen molar-refractivity contribution in [1.82, 2.24) is 0 Å². The van der Waals surface area contributed by atoms with Crippen LogP contribution in [0.2, 0.25) is 0 Å². The van der Waals surface area contributed by atoms with Crippen molar-refractivity contribution in [1.29, 1.82) is 0 Å². The molecule has 0 radical (unpaired) electrons. The van der Waals surface area contributed by atoms with Crippen LogP contribution in [0, 0.1) is 0 Å². The van der Waals surface area contributed by atoms with Gasteiger partial charge < -0.3 is 50.0 Å². The first-order valence-electron chi connectivity index (χ1n) is 9.49. The standard InChI is InChI=1S/C21H20O11/c22-6-14-17(28)18(29)19(30)21(32-14)16-11(26)4-10(25)15-12(27)5-13(31-20(15)16)7-1-2-8(23)9(24)3-7/h1-5,14,17-19,21-26,28-30H,6H2/t14-,17-,18+,19-,21?/m1/s1. The summed E-state index contributed by atoms with van der Waals surface area (Å²) in [6.07, 6.45) is -8.07. The summed E-state index contributed by atoms with van der Waals surface area (Å²) in [5.41, 5.74) is -1.27. The van der Waals surface area contributed by atoms with E-state index in [1.807, 2.05) is 0 Å². The fourth-order valence-electron chi connectivity index (χ4n) is 3.76. The van der Waals surface area contributed by atoms with Crippen LogP contribution < -0.4 is 5.43 Å². The highest BCUT2D eigenvalue weighted by Gasteiger charge is 2.46. The number of aromatic hydroxyl groups is 4. The quantitative estimate of drug-likeness (QED) is 0.247. The lowest BCUT2D eigenvalue weighted by molar-refractivity contribution is -0.231. The second kappa shape index (κ2) is 7.97. The largest absolute Gasteiger partial charge is 0.507 e. The average Bonchev–Trinajstić information content (AvgIpc) is 2.74. The lowest BCUT2D eigenvalue weighted by Gasteiger charge is -2.40. The van der Waals surface area contributed by atoms with Crippen LogP contribution in [0.3, 0.4) is 0 Å². The van der Waals surface area contributed by atoms with Gasteiger partial charge in [0.2, 0.25) is 0 Å². The number of rotatable bonds is 3. The van der Waals surface area contributed by atoms with Crippen LogP contribution in [-0.4, -0.2) is 71.9 Å². The van der Waals surface area contributed by atoms with E-state index in [1.165, 1.54) is 6.07 Å². The van der Waals surface area contributed by atoms with Crippen LogP contribution in [0.25, 0.3) is 22.3 Å². The number of phenols is 4. The summed E-state index contributed by atoms with van der Waals surface area (Å²) in [5, 5.41) is 79.7. The van der Waals surface area contributed by atoms with Crippen molar-refractivity contribution in [2.24, 2.45) is 0 Å². The fourth-order valence-corrected chi connectivity index (χ4v) is 3.76. The molecule has 32 heavy (non-hydrogen) atoms. The maximum atomic E-state index is 12.8. The highest BCUT2D eigenvalue weighted by atomic mass is 16.5. The molecular weight excluding hydrogens is 428 g/mol. The van der Waals surface area contributed by atoms with Gasteiger partial charge in [0.1, 0.15) is 53.2 Å². The third-order valence-electron chi connectivity index (χ3n) is 5.43. The SMILES string of the molecule is O=c1cc(-c2ccc(O)c(O)c2)oc2c(C3O[C@H](CO)[C@@H](O)[C@H](O)[C@H]3O)c(O)cc(O)c12. The van der Waals surface area contributed by atoms with Crippen LogP contribution in [0.15, 0.2) is 39.5 Å². The predicted molar refractivity (Wildman–Crippen MR) is 107 cm³/mol. The number of aliphatic hydroxyl groups excluding tert-OH is 4. The number of fused-ring (bicyclic) bond motifs is 1. The smallest absolute Gasteiger partial charge is 0.197 e. The Kier molecular flexibility index (Phi) is 5.44. The van der Waals surface area contributed by atoms with Crippen LogP contribution in [0.5, 0.6) is 23.0 Å². The highest BCUT2D eigenvalue weighted by molar-refractivity contribution is 5.89. The number of aliphatic hydroxyl groups is 4. The molecule has 1 aromatic heterocycles. The Bertz CT molecular complexity index is 1230. The second-order valence-corrected chi connectivity index (χ2v) is 7.46. The molecule has 8 N–H and O–H groups in total. The molecule has 0 spiro atoms. The molecule has 1 unspecified atom stereocenters. The number of benzene rings is 2. The van der Waals surface area contributed by atoms with Gasteiger partial charge >= 0.3 is 0 Å². The summed E-state index contributed by atoms with van der Waals surface area (Å²) in [4.78, 5) is 12.8. The Hall–Kier alpha value is -3.35. The molecule has 1 fully saturated rings. The lowest BCUT2D eigenvalue weighted by Crippen LogP contribution is -2.55. The van der Waals surface area contributed by atoms with Crippen molar-refractivity contribution in [3.05, 3.63) is 46.1 Å². The van der Waals surface area contributed by atoms with E-state index in [2.05, 4.69) is 0 Å². The van der Waals surface area contributed by atoms with E-state index in [1.54, 1.807) is 0 Å². The van der Waals surface area contributed by atoms with E-state index < -0.39 is 65.6 Å². The van der Waals surface area contributed by atoms with Crippen LogP contribution >= 0.6 is 0 Å². The predicted octanol–water partition coefficient (Wildman–Crippen LogP) is -0.203. The van der Waals surface area contributed by atoms with Crippen molar-refractivity contribution >= 4 is 11.0 Å². The molecule has 0 bridgehead atoms. The second-order valence-electron chi connectivity index (χ2n) is 7.46. The molecule has 11 heteroatoms. The minimum absolute atomic E-state index is 0.117. The van der Waals surface area contributed by atoms with E-state index in [4.69, 9.17) is 9.15 Å². The summed E-state index contributed by atoms with van der Waals surface area (Å²) in [6.45, 7) is -0.722. The third kappa shape index (κ3) is 3.42. The first-order chi connectivity index (χ1) is 15.1. The molecule has 5 atom stereocenters. The van der Waals surface area contributed by atoms with Crippen LogP contribution in [0.1, 0.15) is 11.7 Å². The molecule has 1 aliphatic heterocycles. The molecule has 0 amide bonds. The first-order valence-corrected chi connectivity index (χ1v) is 9.49. The zero-order valence-corrected chi connectivity index (χ0v) is 16.3. The number of ether oxygens (including phenoxy) is 1. The molecule has 170 valence electrons. The molecule has 1 aliphatic rings. The highest BCUT2D eigenvalue weighted by Crippen LogP contribution is 2.44. The Morgan fingerprint density at radius 1 is 0.812 bits per heavy atom. The molecular formula is C21H20O11. The summed E-state index contributed by atoms with van der Waals surface area (Å²) in [5.74, 6) is -2.28. The Labute approximate surface area is 179 Å². The summed E-state index contributed by atoms with van der Waals surface area (Å²) in [7, 11) is 0. The maximum Gasteiger partial charge on any atom is 0.197 e. The van der Waals surface area contributed by atoms with Crippen LogP contribution in [-0.2, 0) is 4.74 Å². The topological polar surface area (TPSA) is 201 Å². The zero-order valence-electron chi connectivity index (χ0n) is 16.3. The van der Waals surface area contributed by atoms with Gasteiger partial charge in [-0.25, -0.2) is 0 Å². The lowest BCUT2D eigenvalue weighted by atomic mass is 9.89. The zero-order chi connectivity index (χ0) is 23.3. The molecule has 0 aliphatic carbocycles. The van der Waals surface area contributed by atoms with Gasteiger partial charge in [0.05, 0.1) is 12.2 Å². The van der Waals surface area contributed by atoms with Gasteiger partial charge in [-0.15, -0.1) is 0 Å². The van der Waals surface area contributed by atoms with Crippen molar-refractivity contribution in [2.45, 2.75) is 30.5 Å². The van der Waals surface area contributed by atoms with Gasteiger partial charge in [0.25, 0.3) is 0 Å². The minimum Gasteiger partial charge on any atom is -0.507 e. The third-order valence-corrected chi connectivity index (χ3v) is 5.43. The van der Waals surface area contributed by atoms with Gasteiger partial charge in [0, 0.05) is 17.7 Å². The molecule has 11 nitrogen and oxygen atoms in total. The molecule has 2 aromatic carbocycles. The molecule has 3 aromatic rings. The summed E-state index contributed by atoms with van der Waals surface area (Å²) in [6, 6.07) is 5.47. The van der Waals surface area contributed by atoms with Gasteiger partial charge in [-0.3, -0.25) is 4.79 Å². The van der Waals surface area contributed by atoms with Crippen molar-refractivity contribution in [2.75, 3.05) is 6.61 Å². The van der Waals surface area contributed by atoms with Crippen molar-refractivity contribution in [3.8, 4) is 34.3 Å². The summed E-state index contributed by atoms with van der Waals surface area (Å²) >= 11 is 0. The van der Waals surface area contributed by atoms with Gasteiger partial charge in [0.15, 0.2) is 22.5 Å². The fraction of sp³-hybridized carbons (Fsp3) is 0.286. The average molecular weight is 448 g/mol. The van der Waals surface area contributed by atoms with Crippen molar-refractivity contribution < 1.29 is 50.0 Å². The number of hydrogen-bond acceptors (Lipinski definition) is 11. The minimum atomic E-state index is -1.79. The van der Waals surface area contributed by atoms with E-state index in [-0.39, 0.29) is 27.9 Å². The first kappa shape index (κ1) is 21.9. The summed E-state index contributed by atoms with van der Waals surface area (Å²) < 4.78 is 11.2. The Morgan fingerprint density at radius 3 is 2.19 bits per heavy atom.